The summed E-state index contributed by atoms with van der Waals surface area (Å²) >= 11 is 3.42. The van der Waals surface area contributed by atoms with Crippen LogP contribution in [0.25, 0.3) is 0 Å². The molecule has 27 heavy (non-hydrogen) atoms. The van der Waals surface area contributed by atoms with E-state index < -0.39 is 0 Å². The molecule has 1 aliphatic rings. The van der Waals surface area contributed by atoms with Crippen molar-refractivity contribution in [2.45, 2.75) is 26.2 Å². The predicted octanol–water partition coefficient (Wildman–Crippen LogP) is 2.04. The predicted molar refractivity (Wildman–Crippen MR) is 111 cm³/mol. The highest BCUT2D eigenvalue weighted by molar-refractivity contribution is 9.10. The van der Waals surface area contributed by atoms with Gasteiger partial charge in [-0.15, -0.1) is 0 Å². The minimum Gasteiger partial charge on any atom is -0.396 e. The van der Waals surface area contributed by atoms with Crippen LogP contribution >= 0.6 is 15.9 Å². The molecule has 1 amide bonds. The van der Waals surface area contributed by atoms with E-state index in [1.165, 1.54) is 0 Å². The van der Waals surface area contributed by atoms with Crippen LogP contribution in [0.15, 0.2) is 27.7 Å². The summed E-state index contributed by atoms with van der Waals surface area (Å²) in [5, 5.41) is 18.7. The molecule has 7 nitrogen and oxygen atoms in total. The van der Waals surface area contributed by atoms with Crippen molar-refractivity contribution in [2.24, 2.45) is 10.4 Å². The standard InChI is InChI=1S/C19H29BrN4O3/c1-14-11-15(20)3-4-16(14)24-17(26)5-8-22-18(21-2)23-12-19(6-9-25)7-10-27-13-19/h3-4,11,25H,5-10,12-13H2,1-2H3,(H,24,26)(H2,21,22,23). The Hall–Kier alpha value is -1.64. The van der Waals surface area contributed by atoms with E-state index in [1.54, 1.807) is 7.05 Å². The van der Waals surface area contributed by atoms with E-state index in [2.05, 4.69) is 36.9 Å². The van der Waals surface area contributed by atoms with E-state index in [1.807, 2.05) is 25.1 Å². The van der Waals surface area contributed by atoms with Crippen LogP contribution in [0.3, 0.4) is 0 Å². The van der Waals surface area contributed by atoms with Gasteiger partial charge in [0.05, 0.1) is 6.61 Å². The van der Waals surface area contributed by atoms with Gasteiger partial charge in [-0.25, -0.2) is 0 Å². The summed E-state index contributed by atoms with van der Waals surface area (Å²) in [4.78, 5) is 16.4. The summed E-state index contributed by atoms with van der Waals surface area (Å²) in [6.45, 7) is 4.63. The molecule has 0 spiro atoms. The molecule has 1 heterocycles. The molecule has 0 radical (unpaired) electrons. The Bertz CT molecular complexity index is 660. The second-order valence-electron chi connectivity index (χ2n) is 6.89. The number of nitrogens with zero attached hydrogens (tertiary/aromatic N) is 1. The highest BCUT2D eigenvalue weighted by Gasteiger charge is 2.34. The number of aliphatic hydroxyl groups is 1. The number of benzene rings is 1. The average molecular weight is 441 g/mol. The third kappa shape index (κ3) is 6.79. The summed E-state index contributed by atoms with van der Waals surface area (Å²) in [6.07, 6.45) is 1.96. The fourth-order valence-corrected chi connectivity index (χ4v) is 3.55. The van der Waals surface area contributed by atoms with Gasteiger partial charge >= 0.3 is 0 Å². The molecular weight excluding hydrogens is 412 g/mol. The van der Waals surface area contributed by atoms with Gasteiger partial charge in [-0.2, -0.15) is 0 Å². The van der Waals surface area contributed by atoms with Crippen LogP contribution < -0.4 is 16.0 Å². The lowest BCUT2D eigenvalue weighted by atomic mass is 9.84. The fourth-order valence-electron chi connectivity index (χ4n) is 3.08. The fraction of sp³-hybridized carbons (Fsp3) is 0.579. The second-order valence-corrected chi connectivity index (χ2v) is 7.80. The van der Waals surface area contributed by atoms with Crippen LogP contribution in [0.2, 0.25) is 0 Å². The van der Waals surface area contributed by atoms with Crippen molar-refractivity contribution >= 4 is 33.5 Å². The molecule has 0 aromatic heterocycles. The van der Waals surface area contributed by atoms with E-state index in [0.29, 0.717) is 38.5 Å². The monoisotopic (exact) mass is 440 g/mol. The lowest BCUT2D eigenvalue weighted by molar-refractivity contribution is -0.116. The zero-order valence-corrected chi connectivity index (χ0v) is 17.6. The number of hydrogen-bond donors (Lipinski definition) is 4. The number of nitrogens with one attached hydrogen (secondary N) is 3. The van der Waals surface area contributed by atoms with Crippen molar-refractivity contribution < 1.29 is 14.6 Å². The number of guanidine groups is 1. The number of carbonyl (C=O) groups is 1. The second kappa shape index (κ2) is 10.6. The van der Waals surface area contributed by atoms with Crippen LogP contribution in [-0.2, 0) is 9.53 Å². The van der Waals surface area contributed by atoms with Gasteiger partial charge in [-0.1, -0.05) is 15.9 Å². The normalized spacial score (nSPS) is 19.8. The minimum atomic E-state index is -0.0527. The first-order valence-corrected chi connectivity index (χ1v) is 9.96. The summed E-state index contributed by atoms with van der Waals surface area (Å²) in [6, 6.07) is 5.76. The molecule has 1 aromatic rings. The highest BCUT2D eigenvalue weighted by atomic mass is 79.9. The number of aliphatic imine (C=N–C) groups is 1. The number of amides is 1. The van der Waals surface area contributed by atoms with Gasteiger partial charge in [0.15, 0.2) is 5.96 Å². The van der Waals surface area contributed by atoms with Crippen molar-refractivity contribution in [3.8, 4) is 0 Å². The van der Waals surface area contributed by atoms with Gasteiger partial charge in [0.1, 0.15) is 0 Å². The van der Waals surface area contributed by atoms with Crippen molar-refractivity contribution in [3.05, 3.63) is 28.2 Å². The van der Waals surface area contributed by atoms with Gasteiger partial charge < -0.3 is 25.8 Å². The quantitative estimate of drug-likeness (QED) is 0.366. The molecule has 0 aliphatic carbocycles. The SMILES string of the molecule is CN=C(NCCC(=O)Nc1ccc(Br)cc1C)NCC1(CCO)CCOC1. The smallest absolute Gasteiger partial charge is 0.226 e. The zero-order chi connectivity index (χ0) is 19.7. The molecule has 1 saturated heterocycles. The van der Waals surface area contributed by atoms with Crippen LogP contribution in [0, 0.1) is 12.3 Å². The number of halogens is 1. The molecule has 1 fully saturated rings. The lowest BCUT2D eigenvalue weighted by Gasteiger charge is -2.27. The molecule has 1 unspecified atom stereocenters. The molecule has 1 aliphatic heterocycles. The van der Waals surface area contributed by atoms with Crippen LogP contribution in [0.5, 0.6) is 0 Å². The van der Waals surface area contributed by atoms with E-state index in [-0.39, 0.29) is 17.9 Å². The summed E-state index contributed by atoms with van der Waals surface area (Å²) in [5.41, 5.74) is 1.78. The van der Waals surface area contributed by atoms with E-state index in [0.717, 1.165) is 28.8 Å². The average Bonchev–Trinajstić information content (AvgIpc) is 3.09. The number of ether oxygens (including phenoxy) is 1. The number of rotatable bonds is 8. The maximum atomic E-state index is 12.2. The topological polar surface area (TPSA) is 95.0 Å². The molecular formula is C19H29BrN4O3. The number of anilines is 1. The van der Waals surface area contributed by atoms with Gasteiger partial charge in [0.2, 0.25) is 5.91 Å². The number of aliphatic hydroxyl groups excluding tert-OH is 1. The van der Waals surface area contributed by atoms with Crippen LogP contribution in [-0.4, -0.2) is 56.9 Å². The molecule has 4 N–H and O–H groups in total. The first-order chi connectivity index (χ1) is 13.0. The maximum absolute atomic E-state index is 12.2. The van der Waals surface area contributed by atoms with E-state index >= 15 is 0 Å². The van der Waals surface area contributed by atoms with E-state index in [9.17, 15) is 9.90 Å². The van der Waals surface area contributed by atoms with Gasteiger partial charge in [-0.05, 0) is 43.5 Å². The molecule has 150 valence electrons. The molecule has 1 atom stereocenters. The van der Waals surface area contributed by atoms with Crippen molar-refractivity contribution in [3.63, 3.8) is 0 Å². The van der Waals surface area contributed by atoms with Gasteiger partial charge in [0.25, 0.3) is 0 Å². The number of aryl methyl sites for hydroxylation is 1. The van der Waals surface area contributed by atoms with Gasteiger partial charge in [-0.3, -0.25) is 9.79 Å². The largest absolute Gasteiger partial charge is 0.396 e. The number of carbonyl (C=O) groups excluding carboxylic acids is 1. The summed E-state index contributed by atoms with van der Waals surface area (Å²) in [7, 11) is 1.70. The highest BCUT2D eigenvalue weighted by Crippen LogP contribution is 2.31. The first-order valence-electron chi connectivity index (χ1n) is 9.17. The van der Waals surface area contributed by atoms with Crippen molar-refractivity contribution in [1.29, 1.82) is 0 Å². The summed E-state index contributed by atoms with van der Waals surface area (Å²) in [5.74, 6) is 0.594. The third-order valence-corrected chi connectivity index (χ3v) is 5.28. The molecule has 1 aromatic carbocycles. The van der Waals surface area contributed by atoms with Crippen molar-refractivity contribution in [2.75, 3.05) is 45.3 Å². The maximum Gasteiger partial charge on any atom is 0.226 e. The number of hydrogen-bond acceptors (Lipinski definition) is 4. The van der Waals surface area contributed by atoms with E-state index in [4.69, 9.17) is 4.74 Å². The molecule has 0 saturated carbocycles. The third-order valence-electron chi connectivity index (χ3n) is 4.79. The zero-order valence-electron chi connectivity index (χ0n) is 16.0. The van der Waals surface area contributed by atoms with Crippen molar-refractivity contribution in [1.82, 2.24) is 10.6 Å². The van der Waals surface area contributed by atoms with Crippen LogP contribution in [0.1, 0.15) is 24.8 Å². The Morgan fingerprint density at radius 1 is 1.41 bits per heavy atom. The molecule has 2 rings (SSSR count). The Kier molecular flexibility index (Phi) is 8.53. The Labute approximate surface area is 169 Å². The summed E-state index contributed by atoms with van der Waals surface area (Å²) < 4.78 is 6.49. The van der Waals surface area contributed by atoms with Crippen LogP contribution in [0.4, 0.5) is 5.69 Å². The lowest BCUT2D eigenvalue weighted by Crippen LogP contribution is -2.45. The molecule has 8 heteroatoms. The van der Waals surface area contributed by atoms with Gasteiger partial charge in [0, 0.05) is 55.3 Å². The Balaban J connectivity index is 1.74. The first kappa shape index (κ1) is 21.7. The molecule has 0 bridgehead atoms. The Morgan fingerprint density at radius 2 is 2.22 bits per heavy atom. The minimum absolute atomic E-state index is 0.0516. The Morgan fingerprint density at radius 3 is 2.85 bits per heavy atom.